The lowest BCUT2D eigenvalue weighted by atomic mass is 10.3. The van der Waals surface area contributed by atoms with Crippen molar-refractivity contribution in [2.45, 2.75) is 27.0 Å². The van der Waals surface area contributed by atoms with Crippen molar-refractivity contribution in [2.75, 3.05) is 0 Å². The van der Waals surface area contributed by atoms with E-state index in [4.69, 9.17) is 4.74 Å². The second-order valence-electron chi connectivity index (χ2n) is 4.25. The SMILES string of the molecule is CCn1nc(C)cc1COc1cc(F)ccc1[N+](=O)[O-]. The lowest BCUT2D eigenvalue weighted by Gasteiger charge is -2.08. The van der Waals surface area contributed by atoms with E-state index in [9.17, 15) is 14.5 Å². The Hall–Kier alpha value is -2.44. The van der Waals surface area contributed by atoms with Gasteiger partial charge in [0, 0.05) is 18.7 Å². The number of halogens is 1. The molecule has 1 aromatic carbocycles. The van der Waals surface area contributed by atoms with Gasteiger partial charge in [0.1, 0.15) is 12.4 Å². The van der Waals surface area contributed by atoms with Crippen LogP contribution in [0.2, 0.25) is 0 Å². The Bertz CT molecular complexity index is 640. The van der Waals surface area contributed by atoms with Crippen molar-refractivity contribution in [3.8, 4) is 5.75 Å². The first-order valence-corrected chi connectivity index (χ1v) is 6.11. The number of rotatable bonds is 5. The van der Waals surface area contributed by atoms with Crippen LogP contribution in [-0.4, -0.2) is 14.7 Å². The molecule has 0 fully saturated rings. The molecule has 2 aromatic rings. The van der Waals surface area contributed by atoms with Crippen molar-refractivity contribution in [2.24, 2.45) is 0 Å². The van der Waals surface area contributed by atoms with E-state index >= 15 is 0 Å². The zero-order valence-electron chi connectivity index (χ0n) is 11.2. The highest BCUT2D eigenvalue weighted by Gasteiger charge is 2.16. The molecule has 0 aliphatic rings. The van der Waals surface area contributed by atoms with Gasteiger partial charge in [0.25, 0.3) is 0 Å². The van der Waals surface area contributed by atoms with E-state index in [1.165, 1.54) is 0 Å². The summed E-state index contributed by atoms with van der Waals surface area (Å²) in [7, 11) is 0. The van der Waals surface area contributed by atoms with Gasteiger partial charge in [-0.25, -0.2) is 4.39 Å². The van der Waals surface area contributed by atoms with Crippen molar-refractivity contribution < 1.29 is 14.1 Å². The summed E-state index contributed by atoms with van der Waals surface area (Å²) < 4.78 is 20.3. The average molecular weight is 279 g/mol. The Labute approximate surface area is 114 Å². The summed E-state index contributed by atoms with van der Waals surface area (Å²) in [6.45, 7) is 4.54. The second-order valence-corrected chi connectivity index (χ2v) is 4.25. The molecule has 0 saturated heterocycles. The maximum absolute atomic E-state index is 13.2. The fraction of sp³-hybridized carbons (Fsp3) is 0.308. The molecule has 0 aliphatic heterocycles. The van der Waals surface area contributed by atoms with E-state index in [1.807, 2.05) is 19.9 Å². The summed E-state index contributed by atoms with van der Waals surface area (Å²) in [4.78, 5) is 10.3. The minimum atomic E-state index is -0.600. The molecule has 7 heteroatoms. The Balaban J connectivity index is 2.22. The third kappa shape index (κ3) is 2.93. The number of nitro benzene ring substituents is 1. The lowest BCUT2D eigenvalue weighted by molar-refractivity contribution is -0.386. The molecule has 0 bridgehead atoms. The molecular weight excluding hydrogens is 265 g/mol. The van der Waals surface area contributed by atoms with Gasteiger partial charge in [-0.2, -0.15) is 5.10 Å². The van der Waals surface area contributed by atoms with Crippen molar-refractivity contribution in [1.82, 2.24) is 9.78 Å². The summed E-state index contributed by atoms with van der Waals surface area (Å²) >= 11 is 0. The van der Waals surface area contributed by atoms with Crippen LogP contribution in [0.4, 0.5) is 10.1 Å². The van der Waals surface area contributed by atoms with E-state index in [1.54, 1.807) is 4.68 Å². The second kappa shape index (κ2) is 5.68. The van der Waals surface area contributed by atoms with Crippen LogP contribution in [0.3, 0.4) is 0 Å². The number of aromatic nitrogens is 2. The smallest absolute Gasteiger partial charge is 0.311 e. The molecule has 0 N–H and O–H groups in total. The number of hydrogen-bond donors (Lipinski definition) is 0. The molecule has 0 spiro atoms. The molecule has 0 aliphatic carbocycles. The minimum Gasteiger partial charge on any atom is -0.480 e. The van der Waals surface area contributed by atoms with Crippen molar-refractivity contribution in [1.29, 1.82) is 0 Å². The van der Waals surface area contributed by atoms with Crippen LogP contribution >= 0.6 is 0 Å². The molecule has 6 nitrogen and oxygen atoms in total. The van der Waals surface area contributed by atoms with Crippen LogP contribution in [-0.2, 0) is 13.2 Å². The Morgan fingerprint density at radius 2 is 2.20 bits per heavy atom. The number of hydrogen-bond acceptors (Lipinski definition) is 4. The number of aryl methyl sites for hydroxylation is 2. The monoisotopic (exact) mass is 279 g/mol. The predicted molar refractivity (Wildman–Crippen MR) is 70.0 cm³/mol. The first-order chi connectivity index (χ1) is 9.51. The lowest BCUT2D eigenvalue weighted by Crippen LogP contribution is -2.07. The highest BCUT2D eigenvalue weighted by molar-refractivity contribution is 5.46. The first-order valence-electron chi connectivity index (χ1n) is 6.11. The van der Waals surface area contributed by atoms with Crippen LogP contribution in [0.5, 0.6) is 5.75 Å². The number of ether oxygens (including phenoxy) is 1. The molecule has 0 unspecified atom stereocenters. The molecule has 0 atom stereocenters. The van der Waals surface area contributed by atoms with Crippen LogP contribution in [0.15, 0.2) is 24.3 Å². The molecule has 0 radical (unpaired) electrons. The van der Waals surface area contributed by atoms with Crippen LogP contribution in [0.1, 0.15) is 18.3 Å². The van der Waals surface area contributed by atoms with Gasteiger partial charge in [-0.15, -0.1) is 0 Å². The van der Waals surface area contributed by atoms with Gasteiger partial charge in [0.15, 0.2) is 5.75 Å². The third-order valence-electron chi connectivity index (χ3n) is 2.78. The average Bonchev–Trinajstić information content (AvgIpc) is 2.76. The van der Waals surface area contributed by atoms with E-state index in [2.05, 4.69) is 5.10 Å². The normalized spacial score (nSPS) is 10.6. The van der Waals surface area contributed by atoms with Crippen molar-refractivity contribution >= 4 is 5.69 Å². The zero-order chi connectivity index (χ0) is 14.7. The van der Waals surface area contributed by atoms with Gasteiger partial charge in [-0.3, -0.25) is 14.8 Å². The summed E-state index contributed by atoms with van der Waals surface area (Å²) in [6.07, 6.45) is 0. The molecule has 1 heterocycles. The van der Waals surface area contributed by atoms with E-state index in [-0.39, 0.29) is 18.0 Å². The zero-order valence-corrected chi connectivity index (χ0v) is 11.2. The molecule has 106 valence electrons. The highest BCUT2D eigenvalue weighted by atomic mass is 19.1. The predicted octanol–water partition coefficient (Wildman–Crippen LogP) is 2.84. The highest BCUT2D eigenvalue weighted by Crippen LogP contribution is 2.28. The van der Waals surface area contributed by atoms with Gasteiger partial charge in [0.05, 0.1) is 16.3 Å². The maximum atomic E-state index is 13.2. The summed E-state index contributed by atoms with van der Waals surface area (Å²) in [5.74, 6) is -0.665. The van der Waals surface area contributed by atoms with Crippen LogP contribution in [0.25, 0.3) is 0 Å². The summed E-state index contributed by atoms with van der Waals surface area (Å²) in [6, 6.07) is 4.96. The van der Waals surface area contributed by atoms with E-state index in [0.29, 0.717) is 6.54 Å². The van der Waals surface area contributed by atoms with Gasteiger partial charge >= 0.3 is 5.69 Å². The first kappa shape index (κ1) is 14.0. The van der Waals surface area contributed by atoms with Gasteiger partial charge in [0.2, 0.25) is 0 Å². The topological polar surface area (TPSA) is 70.2 Å². The van der Waals surface area contributed by atoms with E-state index in [0.717, 1.165) is 29.6 Å². The summed E-state index contributed by atoms with van der Waals surface area (Å²) in [5.41, 5.74) is 1.36. The maximum Gasteiger partial charge on any atom is 0.311 e. The number of benzene rings is 1. The number of nitrogens with zero attached hydrogens (tertiary/aromatic N) is 3. The van der Waals surface area contributed by atoms with Gasteiger partial charge < -0.3 is 4.74 Å². The van der Waals surface area contributed by atoms with Crippen molar-refractivity contribution in [3.63, 3.8) is 0 Å². The van der Waals surface area contributed by atoms with Gasteiger partial charge in [-0.05, 0) is 26.0 Å². The molecule has 0 amide bonds. The molecule has 20 heavy (non-hydrogen) atoms. The van der Waals surface area contributed by atoms with Crippen LogP contribution < -0.4 is 4.74 Å². The Morgan fingerprint density at radius 1 is 1.45 bits per heavy atom. The van der Waals surface area contributed by atoms with Gasteiger partial charge in [-0.1, -0.05) is 0 Å². The fourth-order valence-corrected chi connectivity index (χ4v) is 1.90. The molecule has 2 rings (SSSR count). The fourth-order valence-electron chi connectivity index (χ4n) is 1.90. The molecule has 0 saturated carbocycles. The van der Waals surface area contributed by atoms with Crippen LogP contribution in [0, 0.1) is 22.9 Å². The summed E-state index contributed by atoms with van der Waals surface area (Å²) in [5, 5.41) is 15.1. The standard InChI is InChI=1S/C13H14FN3O3/c1-3-16-11(6-9(2)15-16)8-20-13-7-10(14)4-5-12(13)17(18)19/h4-7H,3,8H2,1-2H3. The van der Waals surface area contributed by atoms with Crippen molar-refractivity contribution in [3.05, 3.63) is 51.6 Å². The minimum absolute atomic E-state index is 0.0866. The molecular formula is C13H14FN3O3. The van der Waals surface area contributed by atoms with E-state index < -0.39 is 10.7 Å². The number of nitro groups is 1. The largest absolute Gasteiger partial charge is 0.480 e. The Kier molecular flexibility index (Phi) is 3.97. The molecule has 1 aromatic heterocycles. The third-order valence-corrected chi connectivity index (χ3v) is 2.78. The Morgan fingerprint density at radius 3 is 2.85 bits per heavy atom. The quantitative estimate of drug-likeness (QED) is 0.623.